The summed E-state index contributed by atoms with van der Waals surface area (Å²) in [5.74, 6) is 0.0142. The van der Waals surface area contributed by atoms with Crippen molar-refractivity contribution >= 4 is 28.1 Å². The lowest BCUT2D eigenvalue weighted by molar-refractivity contribution is -0.384. The molecule has 0 amide bonds. The molecule has 0 spiro atoms. The maximum atomic E-state index is 13.1. The molecule has 0 radical (unpaired) electrons. The average molecular weight is 458 g/mol. The first kappa shape index (κ1) is 26.0. The predicted octanol–water partition coefficient (Wildman–Crippen LogP) is 2.59. The number of aliphatic hydroxyl groups excluding tert-OH is 1. The van der Waals surface area contributed by atoms with Crippen LogP contribution in [-0.4, -0.2) is 48.0 Å². The molecular weight excluding hydrogens is 430 g/mol. The van der Waals surface area contributed by atoms with Gasteiger partial charge in [-0.2, -0.15) is 4.31 Å². The summed E-state index contributed by atoms with van der Waals surface area (Å²) in [5, 5.41) is 21.4. The Hall–Kier alpha value is -2.04. The average Bonchev–Trinajstić information content (AvgIpc) is 2.67. The van der Waals surface area contributed by atoms with Crippen molar-refractivity contribution in [3.63, 3.8) is 0 Å². The number of nitrogens with two attached hydrogens (primary N) is 1. The standard InChI is InChI=1S/C20H27N3O5S.ClH/c1-15(2)13-22(14-20(24)19(21)12-16-6-4-3-5-7-16)29(27,28)18-10-8-17(9-11-18)23(25)26;/h3-11,15,19-20,24H,12-14,21H2,1-2H3;1H/t19-,20-;/m0./s1. The van der Waals surface area contributed by atoms with Crippen molar-refractivity contribution in [3.05, 3.63) is 70.3 Å². The van der Waals surface area contributed by atoms with Crippen LogP contribution in [0.25, 0.3) is 0 Å². The van der Waals surface area contributed by atoms with Gasteiger partial charge < -0.3 is 10.8 Å². The van der Waals surface area contributed by atoms with Gasteiger partial charge in [0, 0.05) is 31.3 Å². The Morgan fingerprint density at radius 3 is 2.13 bits per heavy atom. The summed E-state index contributed by atoms with van der Waals surface area (Å²) in [6.07, 6.45) is -0.656. The number of benzene rings is 2. The van der Waals surface area contributed by atoms with Crippen LogP contribution in [0.1, 0.15) is 19.4 Å². The fraction of sp³-hybridized carbons (Fsp3) is 0.400. The fourth-order valence-electron chi connectivity index (χ4n) is 2.93. The molecular formula is C20H28ClN3O5S. The van der Waals surface area contributed by atoms with Gasteiger partial charge in [0.25, 0.3) is 5.69 Å². The number of sulfonamides is 1. The predicted molar refractivity (Wildman–Crippen MR) is 118 cm³/mol. The zero-order chi connectivity index (χ0) is 21.6. The molecule has 0 aliphatic rings. The van der Waals surface area contributed by atoms with E-state index in [2.05, 4.69) is 0 Å². The molecule has 0 bridgehead atoms. The molecule has 0 saturated heterocycles. The van der Waals surface area contributed by atoms with Crippen molar-refractivity contribution in [1.82, 2.24) is 4.31 Å². The third kappa shape index (κ3) is 7.03. The molecule has 2 rings (SSSR count). The Labute approximate surface area is 183 Å². The van der Waals surface area contributed by atoms with Gasteiger partial charge in [0.15, 0.2) is 0 Å². The summed E-state index contributed by atoms with van der Waals surface area (Å²) >= 11 is 0. The van der Waals surface area contributed by atoms with Crippen LogP contribution in [0.2, 0.25) is 0 Å². The second kappa shape index (κ2) is 11.4. The fourth-order valence-corrected chi connectivity index (χ4v) is 4.55. The molecule has 0 unspecified atom stereocenters. The van der Waals surface area contributed by atoms with E-state index >= 15 is 0 Å². The van der Waals surface area contributed by atoms with Gasteiger partial charge in [-0.3, -0.25) is 10.1 Å². The number of nitrogens with zero attached hydrogens (tertiary/aromatic N) is 2. The Balaban J connectivity index is 0.00000450. The molecule has 30 heavy (non-hydrogen) atoms. The Morgan fingerprint density at radius 1 is 1.07 bits per heavy atom. The number of hydrogen-bond donors (Lipinski definition) is 2. The van der Waals surface area contributed by atoms with Gasteiger partial charge in [-0.25, -0.2) is 8.42 Å². The molecule has 0 aliphatic carbocycles. The van der Waals surface area contributed by atoms with E-state index < -0.39 is 27.1 Å². The molecule has 3 N–H and O–H groups in total. The summed E-state index contributed by atoms with van der Waals surface area (Å²) < 4.78 is 27.3. The van der Waals surface area contributed by atoms with E-state index in [1.807, 2.05) is 44.2 Å². The van der Waals surface area contributed by atoms with Gasteiger partial charge in [-0.05, 0) is 30.0 Å². The van der Waals surface area contributed by atoms with E-state index in [4.69, 9.17) is 5.73 Å². The van der Waals surface area contributed by atoms with E-state index in [1.165, 1.54) is 16.4 Å². The number of aliphatic hydroxyl groups is 1. The van der Waals surface area contributed by atoms with Gasteiger partial charge in [0.1, 0.15) is 0 Å². The topological polar surface area (TPSA) is 127 Å². The van der Waals surface area contributed by atoms with Crippen LogP contribution in [0.3, 0.4) is 0 Å². The summed E-state index contributed by atoms with van der Waals surface area (Å²) in [7, 11) is -3.94. The molecule has 8 nitrogen and oxygen atoms in total. The maximum absolute atomic E-state index is 13.1. The number of hydrogen-bond acceptors (Lipinski definition) is 6. The van der Waals surface area contributed by atoms with Crippen LogP contribution in [0.15, 0.2) is 59.5 Å². The summed E-state index contributed by atoms with van der Waals surface area (Å²) in [6.45, 7) is 3.77. The highest BCUT2D eigenvalue weighted by Gasteiger charge is 2.29. The van der Waals surface area contributed by atoms with Crippen molar-refractivity contribution in [2.75, 3.05) is 13.1 Å². The molecule has 0 heterocycles. The summed E-state index contributed by atoms with van der Waals surface area (Å²) in [6, 6.07) is 13.5. The van der Waals surface area contributed by atoms with Crippen LogP contribution < -0.4 is 5.73 Å². The largest absolute Gasteiger partial charge is 0.390 e. The lowest BCUT2D eigenvalue weighted by Gasteiger charge is -2.28. The van der Waals surface area contributed by atoms with E-state index in [0.717, 1.165) is 17.7 Å². The second-order valence-electron chi connectivity index (χ2n) is 7.39. The van der Waals surface area contributed by atoms with Crippen molar-refractivity contribution in [3.8, 4) is 0 Å². The molecule has 0 aromatic heterocycles. The normalized spacial score (nSPS) is 13.7. The number of nitro benzene ring substituents is 1. The molecule has 10 heteroatoms. The molecule has 0 aliphatic heterocycles. The Bertz CT molecular complexity index is 908. The highest BCUT2D eigenvalue weighted by molar-refractivity contribution is 7.89. The monoisotopic (exact) mass is 457 g/mol. The van der Waals surface area contributed by atoms with E-state index in [1.54, 1.807) is 0 Å². The summed E-state index contributed by atoms with van der Waals surface area (Å²) in [5.41, 5.74) is 6.88. The smallest absolute Gasteiger partial charge is 0.269 e. The van der Waals surface area contributed by atoms with Crippen molar-refractivity contribution in [2.45, 2.75) is 37.3 Å². The van der Waals surface area contributed by atoms with Gasteiger partial charge in [-0.15, -0.1) is 12.4 Å². The Morgan fingerprint density at radius 2 is 1.63 bits per heavy atom. The van der Waals surface area contributed by atoms with Gasteiger partial charge in [0.05, 0.1) is 15.9 Å². The van der Waals surface area contributed by atoms with Crippen LogP contribution >= 0.6 is 12.4 Å². The minimum atomic E-state index is -3.94. The molecule has 0 saturated carbocycles. The number of halogens is 1. The number of rotatable bonds is 10. The minimum Gasteiger partial charge on any atom is -0.390 e. The van der Waals surface area contributed by atoms with Crippen molar-refractivity contribution in [2.24, 2.45) is 11.7 Å². The minimum absolute atomic E-state index is 0. The van der Waals surface area contributed by atoms with Gasteiger partial charge in [0.2, 0.25) is 10.0 Å². The molecule has 2 aromatic rings. The number of non-ortho nitro benzene ring substituents is 1. The van der Waals surface area contributed by atoms with E-state index in [-0.39, 0.29) is 42.0 Å². The zero-order valence-corrected chi connectivity index (χ0v) is 18.6. The lowest BCUT2D eigenvalue weighted by atomic mass is 10.0. The Kier molecular flexibility index (Phi) is 9.86. The van der Waals surface area contributed by atoms with Crippen molar-refractivity contribution in [1.29, 1.82) is 0 Å². The third-order valence-electron chi connectivity index (χ3n) is 4.45. The van der Waals surface area contributed by atoms with Crippen LogP contribution in [-0.2, 0) is 16.4 Å². The van der Waals surface area contributed by atoms with Crippen LogP contribution in [0.4, 0.5) is 5.69 Å². The van der Waals surface area contributed by atoms with Crippen LogP contribution in [0, 0.1) is 16.0 Å². The van der Waals surface area contributed by atoms with Crippen molar-refractivity contribution < 1.29 is 18.4 Å². The first-order valence-corrected chi connectivity index (χ1v) is 10.8. The first-order valence-electron chi connectivity index (χ1n) is 9.33. The molecule has 2 aromatic carbocycles. The summed E-state index contributed by atoms with van der Waals surface area (Å²) in [4.78, 5) is 10.2. The molecule has 0 fully saturated rings. The zero-order valence-electron chi connectivity index (χ0n) is 16.9. The first-order chi connectivity index (χ1) is 13.6. The maximum Gasteiger partial charge on any atom is 0.269 e. The quantitative estimate of drug-likeness (QED) is 0.417. The molecule has 166 valence electrons. The number of nitro groups is 1. The SMILES string of the molecule is CC(C)CN(C[C@H](O)[C@@H](N)Cc1ccccc1)S(=O)(=O)c1ccc([N+](=O)[O-])cc1.Cl. The highest BCUT2D eigenvalue weighted by Crippen LogP contribution is 2.21. The lowest BCUT2D eigenvalue weighted by Crippen LogP contribution is -2.47. The van der Waals surface area contributed by atoms with E-state index in [0.29, 0.717) is 6.42 Å². The second-order valence-corrected chi connectivity index (χ2v) is 9.33. The van der Waals surface area contributed by atoms with Gasteiger partial charge in [-0.1, -0.05) is 44.2 Å². The van der Waals surface area contributed by atoms with Gasteiger partial charge >= 0.3 is 0 Å². The van der Waals surface area contributed by atoms with Crippen LogP contribution in [0.5, 0.6) is 0 Å². The molecule has 2 atom stereocenters. The highest BCUT2D eigenvalue weighted by atomic mass is 35.5. The third-order valence-corrected chi connectivity index (χ3v) is 6.30. The van der Waals surface area contributed by atoms with E-state index in [9.17, 15) is 23.6 Å².